The highest BCUT2D eigenvalue weighted by Crippen LogP contribution is 2.34. The van der Waals surface area contributed by atoms with Gasteiger partial charge in [-0.3, -0.25) is 0 Å². The summed E-state index contributed by atoms with van der Waals surface area (Å²) < 4.78 is 1.69. The highest BCUT2D eigenvalue weighted by Gasteiger charge is 2.11. The first kappa shape index (κ1) is 11.7. The van der Waals surface area contributed by atoms with Crippen molar-refractivity contribution in [1.82, 2.24) is 0 Å². The van der Waals surface area contributed by atoms with E-state index in [9.17, 15) is 9.59 Å². The first-order chi connectivity index (χ1) is 9.06. The predicted molar refractivity (Wildman–Crippen MR) is 73.2 cm³/mol. The van der Waals surface area contributed by atoms with E-state index in [2.05, 4.69) is 0 Å². The molecule has 0 saturated heterocycles. The van der Waals surface area contributed by atoms with Gasteiger partial charge >= 0.3 is 11.9 Å². The van der Waals surface area contributed by atoms with E-state index in [1.54, 1.807) is 36.4 Å². The van der Waals surface area contributed by atoms with Crippen molar-refractivity contribution in [3.8, 4) is 0 Å². The number of thiophene rings is 1. The monoisotopic (exact) mass is 272 g/mol. The summed E-state index contributed by atoms with van der Waals surface area (Å²) in [6.45, 7) is 0. The quantitative estimate of drug-likeness (QED) is 0.749. The lowest BCUT2D eigenvalue weighted by molar-refractivity contribution is 0.0686. The second kappa shape index (κ2) is 4.07. The first-order valence-electron chi connectivity index (χ1n) is 5.49. The third-order valence-corrected chi connectivity index (χ3v) is 4.08. The normalized spacial score (nSPS) is 10.9. The van der Waals surface area contributed by atoms with Crippen LogP contribution in [0.25, 0.3) is 20.2 Å². The van der Waals surface area contributed by atoms with Crippen molar-refractivity contribution in [2.45, 2.75) is 0 Å². The van der Waals surface area contributed by atoms with E-state index in [-0.39, 0.29) is 11.1 Å². The SMILES string of the molecule is O=C(O)c1ccc2c(c1)sc1cc(C(=O)O)ccc12. The van der Waals surface area contributed by atoms with Crippen molar-refractivity contribution in [2.75, 3.05) is 0 Å². The zero-order valence-corrected chi connectivity index (χ0v) is 10.4. The Balaban J connectivity index is 2.31. The predicted octanol–water partition coefficient (Wildman–Crippen LogP) is 3.45. The second-order valence-electron chi connectivity index (χ2n) is 4.13. The van der Waals surface area contributed by atoms with Crippen LogP contribution >= 0.6 is 11.3 Å². The average molecular weight is 272 g/mol. The molecule has 0 aliphatic rings. The average Bonchev–Trinajstić information content (AvgIpc) is 2.74. The number of fused-ring (bicyclic) bond motifs is 3. The molecule has 94 valence electrons. The molecule has 4 nitrogen and oxygen atoms in total. The Morgan fingerprint density at radius 1 is 0.789 bits per heavy atom. The van der Waals surface area contributed by atoms with Crippen LogP contribution in [0.2, 0.25) is 0 Å². The van der Waals surface area contributed by atoms with Gasteiger partial charge < -0.3 is 10.2 Å². The number of carboxylic acids is 2. The van der Waals surface area contributed by atoms with E-state index >= 15 is 0 Å². The maximum atomic E-state index is 10.9. The van der Waals surface area contributed by atoms with Gasteiger partial charge in [0.1, 0.15) is 0 Å². The zero-order valence-electron chi connectivity index (χ0n) is 9.58. The Labute approximate surface area is 111 Å². The van der Waals surface area contributed by atoms with Crippen LogP contribution in [0, 0.1) is 0 Å². The van der Waals surface area contributed by atoms with Crippen LogP contribution < -0.4 is 0 Å². The molecule has 0 unspecified atom stereocenters. The van der Waals surface area contributed by atoms with Gasteiger partial charge in [0.2, 0.25) is 0 Å². The van der Waals surface area contributed by atoms with Gasteiger partial charge in [-0.2, -0.15) is 0 Å². The molecule has 0 spiro atoms. The van der Waals surface area contributed by atoms with E-state index < -0.39 is 11.9 Å². The van der Waals surface area contributed by atoms with Crippen LogP contribution in [-0.2, 0) is 0 Å². The molecule has 2 N–H and O–H groups in total. The fraction of sp³-hybridized carbons (Fsp3) is 0. The van der Waals surface area contributed by atoms with Crippen LogP contribution in [0.1, 0.15) is 20.7 Å². The molecule has 1 aromatic heterocycles. The summed E-state index contributed by atoms with van der Waals surface area (Å²) >= 11 is 1.40. The molecule has 1 heterocycles. The van der Waals surface area contributed by atoms with E-state index in [4.69, 9.17) is 10.2 Å². The molecular weight excluding hydrogens is 264 g/mol. The van der Waals surface area contributed by atoms with Crippen molar-refractivity contribution >= 4 is 43.4 Å². The highest BCUT2D eigenvalue weighted by atomic mass is 32.1. The van der Waals surface area contributed by atoms with Gasteiger partial charge in [-0.15, -0.1) is 11.3 Å². The summed E-state index contributed by atoms with van der Waals surface area (Å²) in [6.07, 6.45) is 0. The maximum absolute atomic E-state index is 10.9. The zero-order chi connectivity index (χ0) is 13.6. The molecule has 0 aliphatic carbocycles. The maximum Gasteiger partial charge on any atom is 0.335 e. The molecule has 5 heteroatoms. The molecule has 3 aromatic rings. The third-order valence-electron chi connectivity index (χ3n) is 2.97. The second-order valence-corrected chi connectivity index (χ2v) is 5.22. The summed E-state index contributed by atoms with van der Waals surface area (Å²) in [5.41, 5.74) is 0.468. The van der Waals surface area contributed by atoms with Gasteiger partial charge in [-0.25, -0.2) is 9.59 Å². The smallest absolute Gasteiger partial charge is 0.335 e. The van der Waals surface area contributed by atoms with Gasteiger partial charge in [-0.1, -0.05) is 12.1 Å². The molecule has 0 aliphatic heterocycles. The van der Waals surface area contributed by atoms with Crippen molar-refractivity contribution in [1.29, 1.82) is 0 Å². The van der Waals surface area contributed by atoms with E-state index in [0.717, 1.165) is 20.2 Å². The number of hydrogen-bond acceptors (Lipinski definition) is 3. The molecular formula is C14H8O4S. The standard InChI is InChI=1S/C14H8O4S/c15-13(16)7-1-3-9-10-4-2-8(14(17)18)6-12(10)19-11(9)5-7/h1-6H,(H,15,16)(H,17,18). The van der Waals surface area contributed by atoms with Crippen LogP contribution in [0.5, 0.6) is 0 Å². The molecule has 19 heavy (non-hydrogen) atoms. The number of carboxylic acid groups (broad SMARTS) is 2. The van der Waals surface area contributed by atoms with Crippen LogP contribution in [-0.4, -0.2) is 22.2 Å². The molecule has 0 saturated carbocycles. The lowest BCUT2D eigenvalue weighted by Gasteiger charge is -1.95. The van der Waals surface area contributed by atoms with Gasteiger partial charge in [0.05, 0.1) is 11.1 Å². The molecule has 0 amide bonds. The Morgan fingerprint density at radius 3 is 1.58 bits per heavy atom. The lowest BCUT2D eigenvalue weighted by Crippen LogP contribution is -1.94. The van der Waals surface area contributed by atoms with Crippen LogP contribution in [0.3, 0.4) is 0 Å². The van der Waals surface area contributed by atoms with E-state index in [1.165, 1.54) is 11.3 Å². The Kier molecular flexibility index (Phi) is 2.50. The molecule has 0 radical (unpaired) electrons. The third kappa shape index (κ3) is 1.84. The van der Waals surface area contributed by atoms with E-state index in [1.807, 2.05) is 0 Å². The molecule has 3 rings (SSSR count). The fourth-order valence-electron chi connectivity index (χ4n) is 2.04. The summed E-state index contributed by atoms with van der Waals surface area (Å²) in [4.78, 5) is 21.9. The van der Waals surface area contributed by atoms with Gasteiger partial charge in [-0.05, 0) is 24.3 Å². The number of benzene rings is 2. The van der Waals surface area contributed by atoms with E-state index in [0.29, 0.717) is 0 Å². The largest absolute Gasteiger partial charge is 0.478 e. The Morgan fingerprint density at radius 2 is 1.21 bits per heavy atom. The van der Waals surface area contributed by atoms with Crippen molar-refractivity contribution in [3.05, 3.63) is 47.5 Å². The molecule has 2 aromatic carbocycles. The van der Waals surface area contributed by atoms with Crippen molar-refractivity contribution < 1.29 is 19.8 Å². The van der Waals surface area contributed by atoms with Crippen molar-refractivity contribution in [2.24, 2.45) is 0 Å². The Bertz CT molecular complexity index is 764. The first-order valence-corrected chi connectivity index (χ1v) is 6.31. The number of rotatable bonds is 2. The van der Waals surface area contributed by atoms with Gasteiger partial charge in [0, 0.05) is 20.2 Å². The topological polar surface area (TPSA) is 74.6 Å². The highest BCUT2D eigenvalue weighted by molar-refractivity contribution is 7.25. The number of hydrogen-bond donors (Lipinski definition) is 2. The lowest BCUT2D eigenvalue weighted by atomic mass is 10.1. The minimum absolute atomic E-state index is 0.234. The number of carbonyl (C=O) groups is 2. The minimum atomic E-state index is -0.967. The minimum Gasteiger partial charge on any atom is -0.478 e. The molecule has 0 bridgehead atoms. The fourth-order valence-corrected chi connectivity index (χ4v) is 3.23. The van der Waals surface area contributed by atoms with Gasteiger partial charge in [0.15, 0.2) is 0 Å². The van der Waals surface area contributed by atoms with Crippen LogP contribution in [0.15, 0.2) is 36.4 Å². The summed E-state index contributed by atoms with van der Waals surface area (Å²) in [5, 5.41) is 19.8. The van der Waals surface area contributed by atoms with Crippen molar-refractivity contribution in [3.63, 3.8) is 0 Å². The van der Waals surface area contributed by atoms with Crippen LogP contribution in [0.4, 0.5) is 0 Å². The number of aromatic carboxylic acids is 2. The molecule has 0 atom stereocenters. The summed E-state index contributed by atoms with van der Waals surface area (Å²) in [5.74, 6) is -1.93. The van der Waals surface area contributed by atoms with Gasteiger partial charge in [0.25, 0.3) is 0 Å². The Hall–Kier alpha value is -2.40. The molecule has 0 fully saturated rings. The summed E-state index contributed by atoms with van der Waals surface area (Å²) in [7, 11) is 0. The summed E-state index contributed by atoms with van der Waals surface area (Å²) in [6, 6.07) is 9.87.